The van der Waals surface area contributed by atoms with E-state index in [0.29, 0.717) is 11.5 Å². The molecule has 0 saturated carbocycles. The maximum absolute atomic E-state index is 7.04. The first-order chi connectivity index (χ1) is 36.5. The minimum Gasteiger partial charge on any atom is -0.509 e. The Morgan fingerprint density at radius 2 is 1.01 bits per heavy atom. The maximum atomic E-state index is 7.04. The van der Waals surface area contributed by atoms with Crippen LogP contribution in [-0.2, 0) is 48.1 Å². The molecule has 0 fully saturated rings. The van der Waals surface area contributed by atoms with Crippen LogP contribution in [0, 0.1) is 18.8 Å². The van der Waals surface area contributed by atoms with Gasteiger partial charge >= 0.3 is 0 Å². The number of aromatic nitrogens is 2. The first kappa shape index (κ1) is 54.2. The molecule has 0 spiro atoms. The van der Waals surface area contributed by atoms with Crippen LogP contribution in [0.1, 0.15) is 129 Å². The Labute approximate surface area is 478 Å². The summed E-state index contributed by atoms with van der Waals surface area (Å²) < 4.78 is 9.27. The number of hydrogen-bond donors (Lipinski definition) is 0. The molecule has 2 aromatic heterocycles. The van der Waals surface area contributed by atoms with Crippen LogP contribution >= 0.6 is 0 Å². The van der Waals surface area contributed by atoms with Gasteiger partial charge in [0.1, 0.15) is 5.82 Å². The van der Waals surface area contributed by atoms with Crippen molar-refractivity contribution in [1.29, 1.82) is 0 Å². The van der Waals surface area contributed by atoms with E-state index in [0.717, 1.165) is 61.5 Å². The number of pyridine rings is 1. The minimum absolute atomic E-state index is 0. The third-order valence-corrected chi connectivity index (χ3v) is 16.0. The molecule has 1 aliphatic rings. The summed E-state index contributed by atoms with van der Waals surface area (Å²) in [6, 6.07) is 73.8. The topological polar surface area (TPSA) is 33.5 Å². The molecule has 0 aliphatic carbocycles. The first-order valence-electron chi connectivity index (χ1n) is 27.2. The normalized spacial score (nSPS) is 13.2. The van der Waals surface area contributed by atoms with E-state index in [2.05, 4.69) is 299 Å². The first-order valence-corrected chi connectivity index (χ1v) is 27.2. The quantitative estimate of drug-likeness (QED) is 0.128. The van der Waals surface area contributed by atoms with E-state index in [1.165, 1.54) is 38.9 Å². The zero-order valence-electron chi connectivity index (χ0n) is 47.5. The van der Waals surface area contributed by atoms with Crippen LogP contribution in [0.3, 0.4) is 0 Å². The second-order valence-electron chi connectivity index (χ2n) is 25.2. The molecule has 0 bridgehead atoms. The molecular weight excluding hydrogens is 1130 g/mol. The fourth-order valence-corrected chi connectivity index (χ4v) is 10.8. The van der Waals surface area contributed by atoms with Crippen LogP contribution in [0.5, 0.6) is 11.5 Å². The number of anilines is 4. The Morgan fingerprint density at radius 1 is 0.423 bits per heavy atom. The van der Waals surface area contributed by atoms with Gasteiger partial charge in [0.05, 0.1) is 0 Å². The molecule has 398 valence electrons. The van der Waals surface area contributed by atoms with Crippen molar-refractivity contribution in [2.45, 2.75) is 117 Å². The molecule has 0 N–H and O–H groups in total. The van der Waals surface area contributed by atoms with Gasteiger partial charge < -0.3 is 19.1 Å². The van der Waals surface area contributed by atoms with Crippen molar-refractivity contribution in [2.24, 2.45) is 0 Å². The Morgan fingerprint density at radius 3 is 1.62 bits per heavy atom. The molecule has 0 unspecified atom stereocenters. The number of hydrogen-bond acceptors (Lipinski definition) is 4. The molecule has 0 atom stereocenters. The number of fused-ring (bicyclic) bond motifs is 4. The third kappa shape index (κ3) is 10.2. The number of ether oxygens (including phenoxy) is 1. The van der Waals surface area contributed by atoms with Crippen molar-refractivity contribution < 1.29 is 25.8 Å². The number of benzene rings is 8. The van der Waals surface area contributed by atoms with Crippen molar-refractivity contribution in [3.63, 3.8) is 0 Å². The van der Waals surface area contributed by atoms with Crippen LogP contribution in [0.4, 0.5) is 22.7 Å². The van der Waals surface area contributed by atoms with Crippen LogP contribution in [0.25, 0.3) is 38.8 Å². The SMILES string of the molecule is CC(C)(C)c1cc(Oc2[c-]c3c(cc2)c2cc(-c4ccccc4)ccc2n3-c2cc(C(C)(C)C)ccn2)[c-]c(N2[CH-]N(c3cc(C(C)(C)c4ccccc4)cc(C(C)(C)c4ccccc4)c3)c3cc(C(C)(C)C)ccc32)c1.[Pt]. The Balaban J connectivity index is 0.00000688. The Bertz CT molecular complexity index is 3750. The predicted octanol–water partition coefficient (Wildman–Crippen LogP) is 19.2. The molecule has 6 heteroatoms. The Hall–Kier alpha value is -7.20. The fraction of sp³-hybridized carbons (Fsp3) is 0.250. The summed E-state index contributed by atoms with van der Waals surface area (Å²) in [5, 5.41) is 2.20. The monoisotopic (exact) mass is 1200 g/mol. The van der Waals surface area contributed by atoms with Gasteiger partial charge in [-0.15, -0.1) is 53.6 Å². The van der Waals surface area contributed by atoms with Gasteiger partial charge in [-0.05, 0) is 109 Å². The fourth-order valence-electron chi connectivity index (χ4n) is 10.8. The van der Waals surface area contributed by atoms with E-state index >= 15 is 0 Å². The summed E-state index contributed by atoms with van der Waals surface area (Å²) in [6.45, 7) is 32.0. The summed E-state index contributed by atoms with van der Waals surface area (Å²) in [5.74, 6) is 2.05. The summed E-state index contributed by atoms with van der Waals surface area (Å²) in [6.07, 6.45) is 1.92. The molecule has 0 radical (unpaired) electrons. The zero-order chi connectivity index (χ0) is 54.2. The van der Waals surface area contributed by atoms with E-state index in [1.807, 2.05) is 12.3 Å². The Kier molecular flexibility index (Phi) is 14.0. The van der Waals surface area contributed by atoms with Crippen molar-refractivity contribution in [3.05, 3.63) is 246 Å². The summed E-state index contributed by atoms with van der Waals surface area (Å²) in [7, 11) is 0. The molecule has 3 heterocycles. The van der Waals surface area contributed by atoms with Crippen molar-refractivity contribution in [1.82, 2.24) is 9.55 Å². The van der Waals surface area contributed by atoms with Gasteiger partial charge in [-0.3, -0.25) is 0 Å². The van der Waals surface area contributed by atoms with Crippen molar-refractivity contribution >= 4 is 44.6 Å². The average Bonchev–Trinajstić information content (AvgIpc) is 4.09. The predicted molar refractivity (Wildman–Crippen MR) is 323 cm³/mol. The zero-order valence-corrected chi connectivity index (χ0v) is 49.8. The van der Waals surface area contributed by atoms with E-state index < -0.39 is 0 Å². The minimum atomic E-state index is -0.290. The van der Waals surface area contributed by atoms with Crippen LogP contribution in [0.2, 0.25) is 0 Å². The maximum Gasteiger partial charge on any atom is 0.135 e. The van der Waals surface area contributed by atoms with E-state index in [9.17, 15) is 0 Å². The smallest absolute Gasteiger partial charge is 0.135 e. The molecular formula is C72H71N4OPt-3. The van der Waals surface area contributed by atoms with E-state index in [4.69, 9.17) is 9.72 Å². The summed E-state index contributed by atoms with van der Waals surface area (Å²) in [4.78, 5) is 9.68. The number of nitrogens with zero attached hydrogens (tertiary/aromatic N) is 4. The van der Waals surface area contributed by atoms with E-state index in [1.54, 1.807) is 0 Å². The van der Waals surface area contributed by atoms with Crippen LogP contribution in [0.15, 0.2) is 188 Å². The standard InChI is InChI=1S/C72H71N4O.Pt/c1-68(2,3)52-30-34-64-66(43-52)75(57-40-55(71(10,11)50-25-19-15-20-26-50)38-56(41-57)72(12,13)51-27-21-16-22-28-51)47-74(64)58-39-54(70(7,8)9)42-60(45-58)77-59-31-32-61-62-37-49(48-23-17-14-18-24-48)29-33-63(62)76(65(61)46-59)67-44-53(35-36-73-67)69(4,5)6;/h14-44,47H,1-13H3;/q-3;. The van der Waals surface area contributed by atoms with E-state index in [-0.39, 0.29) is 48.1 Å². The molecule has 78 heavy (non-hydrogen) atoms. The van der Waals surface area contributed by atoms with Gasteiger partial charge in [0.25, 0.3) is 0 Å². The second-order valence-corrected chi connectivity index (χ2v) is 25.2. The van der Waals surface area contributed by atoms with Gasteiger partial charge in [0.15, 0.2) is 0 Å². The molecule has 0 saturated heterocycles. The van der Waals surface area contributed by atoms with Gasteiger partial charge in [-0.2, -0.15) is 6.07 Å². The van der Waals surface area contributed by atoms with Gasteiger partial charge in [-0.1, -0.05) is 211 Å². The van der Waals surface area contributed by atoms with Crippen molar-refractivity contribution in [3.8, 4) is 28.4 Å². The average molecular weight is 1200 g/mol. The van der Waals surface area contributed by atoms with Crippen LogP contribution in [-0.4, -0.2) is 9.55 Å². The second kappa shape index (κ2) is 20.2. The molecule has 8 aromatic carbocycles. The molecule has 5 nitrogen and oxygen atoms in total. The largest absolute Gasteiger partial charge is 0.509 e. The molecule has 10 aromatic rings. The summed E-state index contributed by atoms with van der Waals surface area (Å²) in [5.41, 5.74) is 16.1. The molecule has 1 aliphatic heterocycles. The third-order valence-electron chi connectivity index (χ3n) is 16.0. The molecule has 0 amide bonds. The molecule has 11 rings (SSSR count). The van der Waals surface area contributed by atoms with Crippen LogP contribution < -0.4 is 14.5 Å². The van der Waals surface area contributed by atoms with Gasteiger partial charge in [-0.25, -0.2) is 4.98 Å². The van der Waals surface area contributed by atoms with Crippen molar-refractivity contribution in [2.75, 3.05) is 9.80 Å². The number of rotatable bonds is 10. The van der Waals surface area contributed by atoms with Gasteiger partial charge in [0.2, 0.25) is 0 Å². The summed E-state index contributed by atoms with van der Waals surface area (Å²) >= 11 is 0. The van der Waals surface area contributed by atoms with Gasteiger partial charge in [0, 0.05) is 72.2 Å².